The van der Waals surface area contributed by atoms with E-state index in [-0.39, 0.29) is 23.6 Å². The van der Waals surface area contributed by atoms with Gasteiger partial charge in [-0.2, -0.15) is 0 Å². The number of benzene rings is 2. The number of carbonyl (C=O) groups is 2. The predicted molar refractivity (Wildman–Crippen MR) is 90.1 cm³/mol. The Morgan fingerprint density at radius 1 is 1.21 bits per heavy atom. The Morgan fingerprint density at radius 3 is 2.58 bits per heavy atom. The molecule has 0 heterocycles. The molecule has 0 atom stereocenters. The van der Waals surface area contributed by atoms with Crippen LogP contribution in [0.25, 0.3) is 0 Å². The van der Waals surface area contributed by atoms with Crippen LogP contribution >= 0.6 is 11.6 Å². The summed E-state index contributed by atoms with van der Waals surface area (Å²) in [5, 5.41) is 5.50. The lowest BCUT2D eigenvalue weighted by atomic mass is 10.1. The van der Waals surface area contributed by atoms with Crippen LogP contribution in [-0.4, -0.2) is 26.0 Å². The summed E-state index contributed by atoms with van der Waals surface area (Å²) in [7, 11) is 2.85. The fourth-order valence-corrected chi connectivity index (χ4v) is 2.32. The Kier molecular flexibility index (Phi) is 5.76. The summed E-state index contributed by atoms with van der Waals surface area (Å²) in [6, 6.07) is 8.84. The second-order valence-electron chi connectivity index (χ2n) is 4.96. The molecule has 0 saturated heterocycles. The van der Waals surface area contributed by atoms with Crippen LogP contribution in [0.4, 0.5) is 10.1 Å². The maximum Gasteiger partial charge on any atom is 0.253 e. The molecule has 0 unspecified atom stereocenters. The Labute approximate surface area is 143 Å². The topological polar surface area (TPSA) is 67.4 Å². The van der Waals surface area contributed by atoms with Gasteiger partial charge in [-0.05, 0) is 35.9 Å². The highest BCUT2D eigenvalue weighted by Gasteiger charge is 2.14. The minimum absolute atomic E-state index is 0.0549. The Bertz CT molecular complexity index is 780. The number of anilines is 1. The molecule has 2 N–H and O–H groups in total. The molecule has 2 aromatic rings. The Balaban J connectivity index is 2.16. The highest BCUT2D eigenvalue weighted by Crippen LogP contribution is 2.22. The van der Waals surface area contributed by atoms with Gasteiger partial charge in [-0.3, -0.25) is 9.59 Å². The van der Waals surface area contributed by atoms with Crippen molar-refractivity contribution in [2.45, 2.75) is 6.42 Å². The molecule has 24 heavy (non-hydrogen) atoms. The predicted octanol–water partition coefficient (Wildman–Crippen LogP) is 3.03. The number of rotatable bonds is 5. The molecule has 2 amide bonds. The lowest BCUT2D eigenvalue weighted by Crippen LogP contribution is -2.22. The molecule has 126 valence electrons. The summed E-state index contributed by atoms with van der Waals surface area (Å²) < 4.78 is 18.5. The van der Waals surface area contributed by atoms with Crippen molar-refractivity contribution >= 4 is 29.1 Å². The first-order chi connectivity index (χ1) is 11.4. The van der Waals surface area contributed by atoms with Crippen molar-refractivity contribution in [2.75, 3.05) is 19.5 Å². The van der Waals surface area contributed by atoms with Crippen molar-refractivity contribution < 1.29 is 18.7 Å². The van der Waals surface area contributed by atoms with Crippen molar-refractivity contribution in [3.63, 3.8) is 0 Å². The molecule has 0 fully saturated rings. The van der Waals surface area contributed by atoms with E-state index in [0.29, 0.717) is 16.3 Å². The largest absolute Gasteiger partial charge is 0.494 e. The van der Waals surface area contributed by atoms with Gasteiger partial charge in [0.2, 0.25) is 5.91 Å². The zero-order valence-corrected chi connectivity index (χ0v) is 13.9. The van der Waals surface area contributed by atoms with Gasteiger partial charge in [0.25, 0.3) is 5.91 Å². The minimum atomic E-state index is -0.545. The zero-order valence-electron chi connectivity index (χ0n) is 13.2. The van der Waals surface area contributed by atoms with E-state index in [1.165, 1.54) is 38.4 Å². The second kappa shape index (κ2) is 7.79. The number of nitrogens with one attached hydrogen (secondary N) is 2. The smallest absolute Gasteiger partial charge is 0.253 e. The van der Waals surface area contributed by atoms with Gasteiger partial charge in [0.05, 0.1) is 24.8 Å². The molecule has 0 aliphatic carbocycles. The minimum Gasteiger partial charge on any atom is -0.494 e. The summed E-state index contributed by atoms with van der Waals surface area (Å²) in [5.74, 6) is -1.18. The highest BCUT2D eigenvalue weighted by atomic mass is 35.5. The van der Waals surface area contributed by atoms with Crippen LogP contribution in [0.1, 0.15) is 15.9 Å². The number of halogens is 2. The first-order valence-electron chi connectivity index (χ1n) is 7.08. The quantitative estimate of drug-likeness (QED) is 0.871. The summed E-state index contributed by atoms with van der Waals surface area (Å²) >= 11 is 5.92. The fourth-order valence-electron chi connectivity index (χ4n) is 2.15. The molecule has 0 aliphatic heterocycles. The van der Waals surface area contributed by atoms with Crippen molar-refractivity contribution in [1.82, 2.24) is 5.32 Å². The van der Waals surface area contributed by atoms with Crippen molar-refractivity contribution in [2.24, 2.45) is 0 Å². The molecule has 0 radical (unpaired) electrons. The van der Waals surface area contributed by atoms with Gasteiger partial charge in [0.1, 0.15) is 0 Å². The third kappa shape index (κ3) is 4.23. The lowest BCUT2D eigenvalue weighted by molar-refractivity contribution is -0.115. The lowest BCUT2D eigenvalue weighted by Gasteiger charge is -2.11. The van der Waals surface area contributed by atoms with Gasteiger partial charge in [-0.15, -0.1) is 0 Å². The number of carbonyl (C=O) groups excluding carboxylic acids is 2. The van der Waals surface area contributed by atoms with Gasteiger partial charge in [0.15, 0.2) is 11.6 Å². The number of methoxy groups -OCH3 is 1. The molecule has 2 rings (SSSR count). The third-order valence-corrected chi connectivity index (χ3v) is 3.54. The monoisotopic (exact) mass is 350 g/mol. The van der Waals surface area contributed by atoms with E-state index in [2.05, 4.69) is 10.6 Å². The number of amides is 2. The van der Waals surface area contributed by atoms with Gasteiger partial charge in [-0.1, -0.05) is 17.7 Å². The summed E-state index contributed by atoms with van der Waals surface area (Å²) in [5.41, 5.74) is 1.06. The van der Waals surface area contributed by atoms with Crippen LogP contribution in [0, 0.1) is 5.82 Å². The molecule has 0 bridgehead atoms. The summed E-state index contributed by atoms with van der Waals surface area (Å²) in [6.45, 7) is 0. The van der Waals surface area contributed by atoms with Crippen molar-refractivity contribution in [3.8, 4) is 5.75 Å². The van der Waals surface area contributed by atoms with E-state index in [4.69, 9.17) is 16.3 Å². The van der Waals surface area contributed by atoms with Crippen LogP contribution in [-0.2, 0) is 11.2 Å². The molecular formula is C17H16ClFN2O3. The average molecular weight is 351 g/mol. The summed E-state index contributed by atoms with van der Waals surface area (Å²) in [6.07, 6.45) is -0.0549. The van der Waals surface area contributed by atoms with Crippen LogP contribution in [0.5, 0.6) is 5.75 Å². The maximum atomic E-state index is 13.7. The Morgan fingerprint density at radius 2 is 1.96 bits per heavy atom. The van der Waals surface area contributed by atoms with Crippen molar-refractivity contribution in [3.05, 3.63) is 58.4 Å². The van der Waals surface area contributed by atoms with Gasteiger partial charge >= 0.3 is 0 Å². The molecule has 2 aromatic carbocycles. The van der Waals surface area contributed by atoms with E-state index in [9.17, 15) is 14.0 Å². The van der Waals surface area contributed by atoms with Crippen LogP contribution in [0.2, 0.25) is 5.02 Å². The summed E-state index contributed by atoms with van der Waals surface area (Å²) in [4.78, 5) is 24.0. The number of hydrogen-bond donors (Lipinski definition) is 2. The normalized spacial score (nSPS) is 10.2. The molecule has 0 saturated carbocycles. The zero-order chi connectivity index (χ0) is 17.7. The standard InChI is InChI=1S/C17H16ClFN2O3/c1-20-17(23)12-5-4-11(18)9-14(12)21-16(22)8-10-3-6-15(24-2)13(19)7-10/h3-7,9H,8H2,1-2H3,(H,20,23)(H,21,22). The maximum absolute atomic E-state index is 13.7. The highest BCUT2D eigenvalue weighted by molar-refractivity contribution is 6.31. The first-order valence-corrected chi connectivity index (χ1v) is 7.46. The van der Waals surface area contributed by atoms with E-state index in [1.807, 2.05) is 0 Å². The van der Waals surface area contributed by atoms with Crippen LogP contribution < -0.4 is 15.4 Å². The van der Waals surface area contributed by atoms with Gasteiger partial charge in [0, 0.05) is 12.1 Å². The van der Waals surface area contributed by atoms with E-state index in [1.54, 1.807) is 12.1 Å². The molecule has 0 aliphatic rings. The second-order valence-corrected chi connectivity index (χ2v) is 5.40. The van der Waals surface area contributed by atoms with Gasteiger partial charge < -0.3 is 15.4 Å². The third-order valence-electron chi connectivity index (χ3n) is 3.31. The van der Waals surface area contributed by atoms with Crippen molar-refractivity contribution in [1.29, 1.82) is 0 Å². The SMILES string of the molecule is CNC(=O)c1ccc(Cl)cc1NC(=O)Cc1ccc(OC)c(F)c1. The van der Waals surface area contributed by atoms with E-state index in [0.717, 1.165) is 0 Å². The molecule has 0 aromatic heterocycles. The number of ether oxygens (including phenoxy) is 1. The molecular weight excluding hydrogens is 335 g/mol. The van der Waals surface area contributed by atoms with E-state index < -0.39 is 11.7 Å². The van der Waals surface area contributed by atoms with Gasteiger partial charge in [-0.25, -0.2) is 4.39 Å². The molecule has 5 nitrogen and oxygen atoms in total. The first kappa shape index (κ1) is 17.7. The molecule has 7 heteroatoms. The Hall–Kier alpha value is -2.60. The van der Waals surface area contributed by atoms with Crippen LogP contribution in [0.15, 0.2) is 36.4 Å². The van der Waals surface area contributed by atoms with E-state index >= 15 is 0 Å². The average Bonchev–Trinajstić information content (AvgIpc) is 2.54. The molecule has 0 spiro atoms. The fraction of sp³-hybridized carbons (Fsp3) is 0.176. The van der Waals surface area contributed by atoms with Crippen LogP contribution in [0.3, 0.4) is 0 Å². The number of hydrogen-bond acceptors (Lipinski definition) is 3.